The number of rotatable bonds is 9. The Morgan fingerprint density at radius 1 is 1.08 bits per heavy atom. The van der Waals surface area contributed by atoms with Crippen molar-refractivity contribution in [3.63, 3.8) is 0 Å². The first-order chi connectivity index (χ1) is 18.3. The Morgan fingerprint density at radius 3 is 2.47 bits per heavy atom. The number of ether oxygens (including phenoxy) is 2. The number of carbonyl (C=O) groups excluding carboxylic acids is 1. The van der Waals surface area contributed by atoms with Gasteiger partial charge in [0.1, 0.15) is 34.5 Å². The summed E-state index contributed by atoms with van der Waals surface area (Å²) in [4.78, 5) is 16.3. The summed E-state index contributed by atoms with van der Waals surface area (Å²) in [6, 6.07) is 14.7. The molecular weight excluding hydrogens is 508 g/mol. The second-order valence-electron chi connectivity index (χ2n) is 9.72. The molecule has 0 radical (unpaired) electrons. The van der Waals surface area contributed by atoms with E-state index in [0.717, 1.165) is 26.1 Å². The van der Waals surface area contributed by atoms with Crippen molar-refractivity contribution >= 4 is 27.2 Å². The molecule has 0 bridgehead atoms. The SMILES string of the molecule is Cc1cc(F)cc(C)c1C(=O)c1sc2cc(O)ccc2c1Oc1ccc(OCCN2CC[C@H](CF)C2)cc1. The van der Waals surface area contributed by atoms with Gasteiger partial charge in [-0.25, -0.2) is 4.39 Å². The number of likely N-dealkylation sites (tertiary alicyclic amines) is 1. The fourth-order valence-corrected chi connectivity index (χ4v) is 6.06. The van der Waals surface area contributed by atoms with Crippen molar-refractivity contribution in [3.8, 4) is 23.0 Å². The third kappa shape index (κ3) is 5.51. The minimum Gasteiger partial charge on any atom is -0.508 e. The zero-order chi connectivity index (χ0) is 26.8. The van der Waals surface area contributed by atoms with E-state index >= 15 is 0 Å². The molecule has 1 aliphatic rings. The predicted molar refractivity (Wildman–Crippen MR) is 145 cm³/mol. The number of halogens is 2. The maximum Gasteiger partial charge on any atom is 0.207 e. The number of thiophene rings is 1. The van der Waals surface area contributed by atoms with Gasteiger partial charge in [0.2, 0.25) is 5.78 Å². The maximum atomic E-state index is 13.9. The van der Waals surface area contributed by atoms with E-state index in [1.807, 2.05) is 0 Å². The highest BCUT2D eigenvalue weighted by atomic mass is 32.1. The third-order valence-corrected chi connectivity index (χ3v) is 8.00. The molecule has 0 saturated carbocycles. The van der Waals surface area contributed by atoms with E-state index in [1.165, 1.54) is 23.5 Å². The topological polar surface area (TPSA) is 59.0 Å². The summed E-state index contributed by atoms with van der Waals surface area (Å²) in [5.41, 5.74) is 1.54. The van der Waals surface area contributed by atoms with Crippen molar-refractivity contribution in [1.29, 1.82) is 0 Å². The first-order valence-corrected chi connectivity index (χ1v) is 13.4. The Balaban J connectivity index is 1.36. The van der Waals surface area contributed by atoms with E-state index in [0.29, 0.717) is 55.5 Å². The lowest BCUT2D eigenvalue weighted by atomic mass is 9.97. The Morgan fingerprint density at radius 2 is 1.79 bits per heavy atom. The zero-order valence-corrected chi connectivity index (χ0v) is 22.1. The number of ketones is 1. The van der Waals surface area contributed by atoms with Gasteiger partial charge in [0, 0.05) is 34.7 Å². The minimum absolute atomic E-state index is 0.0917. The number of hydrogen-bond acceptors (Lipinski definition) is 6. The molecule has 0 aliphatic carbocycles. The van der Waals surface area contributed by atoms with E-state index in [1.54, 1.807) is 56.3 Å². The van der Waals surface area contributed by atoms with Crippen LogP contribution in [0.1, 0.15) is 32.8 Å². The molecule has 1 atom stereocenters. The highest BCUT2D eigenvalue weighted by Crippen LogP contribution is 2.43. The van der Waals surface area contributed by atoms with E-state index < -0.39 is 0 Å². The summed E-state index contributed by atoms with van der Waals surface area (Å²) in [5.74, 6) is 1.19. The quantitative estimate of drug-likeness (QED) is 0.232. The molecule has 0 amide bonds. The number of aryl methyl sites for hydroxylation is 2. The van der Waals surface area contributed by atoms with Crippen LogP contribution >= 0.6 is 11.3 Å². The largest absolute Gasteiger partial charge is 0.508 e. The van der Waals surface area contributed by atoms with Crippen LogP contribution in [0.4, 0.5) is 8.78 Å². The summed E-state index contributed by atoms with van der Waals surface area (Å²) in [5, 5.41) is 10.7. The van der Waals surface area contributed by atoms with Gasteiger partial charge in [0.15, 0.2) is 5.75 Å². The van der Waals surface area contributed by atoms with Gasteiger partial charge in [-0.2, -0.15) is 0 Å². The highest BCUT2D eigenvalue weighted by Gasteiger charge is 2.25. The lowest BCUT2D eigenvalue weighted by Crippen LogP contribution is -2.26. The van der Waals surface area contributed by atoms with Gasteiger partial charge in [0.25, 0.3) is 0 Å². The van der Waals surface area contributed by atoms with E-state index in [2.05, 4.69) is 4.90 Å². The average Bonchev–Trinajstić information content (AvgIpc) is 3.48. The van der Waals surface area contributed by atoms with Crippen LogP contribution in [0.25, 0.3) is 10.1 Å². The van der Waals surface area contributed by atoms with Crippen LogP contribution in [0.3, 0.4) is 0 Å². The molecule has 0 unspecified atom stereocenters. The molecule has 198 valence electrons. The van der Waals surface area contributed by atoms with Gasteiger partial charge in [-0.1, -0.05) is 0 Å². The lowest BCUT2D eigenvalue weighted by molar-refractivity contribution is 0.103. The first kappa shape index (κ1) is 26.1. The number of alkyl halides is 1. The molecule has 5 rings (SSSR count). The Kier molecular flexibility index (Phi) is 7.63. The normalized spacial score (nSPS) is 15.7. The predicted octanol–water partition coefficient (Wildman–Crippen LogP) is 7.06. The Bertz CT molecular complexity index is 1440. The summed E-state index contributed by atoms with van der Waals surface area (Å²) < 4.78 is 39.5. The van der Waals surface area contributed by atoms with Crippen LogP contribution in [-0.2, 0) is 0 Å². The fraction of sp³-hybridized carbons (Fsp3) is 0.300. The number of aromatic hydroxyl groups is 1. The van der Waals surface area contributed by atoms with E-state index in [9.17, 15) is 18.7 Å². The number of phenolic OH excluding ortho intramolecular Hbond substituents is 1. The average molecular weight is 538 g/mol. The number of nitrogens with zero attached hydrogens (tertiary/aromatic N) is 1. The molecule has 5 nitrogen and oxygen atoms in total. The maximum absolute atomic E-state index is 13.9. The van der Waals surface area contributed by atoms with Gasteiger partial charge in [-0.05, 0) is 92.5 Å². The van der Waals surface area contributed by atoms with Crippen LogP contribution in [0.5, 0.6) is 23.0 Å². The smallest absolute Gasteiger partial charge is 0.207 e. The van der Waals surface area contributed by atoms with Crippen LogP contribution < -0.4 is 9.47 Å². The van der Waals surface area contributed by atoms with Crippen molar-refractivity contribution in [2.45, 2.75) is 20.3 Å². The molecular formula is C30H29F2NO4S. The van der Waals surface area contributed by atoms with Crippen molar-refractivity contribution in [3.05, 3.63) is 82.0 Å². The monoisotopic (exact) mass is 537 g/mol. The number of hydrogen-bond donors (Lipinski definition) is 1. The number of carbonyl (C=O) groups is 1. The van der Waals surface area contributed by atoms with Gasteiger partial charge in [-0.15, -0.1) is 11.3 Å². The Hall–Kier alpha value is -3.49. The van der Waals surface area contributed by atoms with Crippen LogP contribution in [0.15, 0.2) is 54.6 Å². The molecule has 2 heterocycles. The summed E-state index contributed by atoms with van der Waals surface area (Å²) in [7, 11) is 0. The van der Waals surface area contributed by atoms with Crippen molar-refractivity contribution in [1.82, 2.24) is 4.90 Å². The van der Waals surface area contributed by atoms with Gasteiger partial charge in [0.05, 0.1) is 6.67 Å². The summed E-state index contributed by atoms with van der Waals surface area (Å²) in [6.45, 7) is 6.08. The molecule has 1 aromatic heterocycles. The number of phenols is 1. The lowest BCUT2D eigenvalue weighted by Gasteiger charge is -2.16. The molecule has 1 fully saturated rings. The summed E-state index contributed by atoms with van der Waals surface area (Å²) >= 11 is 1.23. The van der Waals surface area contributed by atoms with Crippen molar-refractivity contribution in [2.24, 2.45) is 5.92 Å². The summed E-state index contributed by atoms with van der Waals surface area (Å²) in [6.07, 6.45) is 0.893. The molecule has 38 heavy (non-hydrogen) atoms. The van der Waals surface area contributed by atoms with Gasteiger partial charge >= 0.3 is 0 Å². The number of benzene rings is 3. The molecule has 3 aromatic carbocycles. The Labute approximate surface area is 224 Å². The van der Waals surface area contributed by atoms with Gasteiger partial charge < -0.3 is 14.6 Å². The van der Waals surface area contributed by atoms with Crippen molar-refractivity contribution < 1.29 is 28.2 Å². The van der Waals surface area contributed by atoms with Crippen molar-refractivity contribution in [2.75, 3.05) is 32.9 Å². The third-order valence-electron chi connectivity index (χ3n) is 6.87. The minimum atomic E-state index is -0.388. The highest BCUT2D eigenvalue weighted by molar-refractivity contribution is 7.21. The molecule has 1 N–H and O–H groups in total. The van der Waals surface area contributed by atoms with Crippen LogP contribution in [-0.4, -0.2) is 48.7 Å². The fourth-order valence-electron chi connectivity index (χ4n) is 4.95. The molecule has 8 heteroatoms. The van der Waals surface area contributed by atoms with Crippen LogP contribution in [0.2, 0.25) is 0 Å². The molecule has 0 spiro atoms. The van der Waals surface area contributed by atoms with E-state index in [-0.39, 0.29) is 29.9 Å². The molecule has 1 saturated heterocycles. The molecule has 4 aromatic rings. The molecule has 1 aliphatic heterocycles. The van der Waals surface area contributed by atoms with Crippen LogP contribution in [0, 0.1) is 25.6 Å². The van der Waals surface area contributed by atoms with E-state index in [4.69, 9.17) is 9.47 Å². The second-order valence-corrected chi connectivity index (χ2v) is 10.8. The first-order valence-electron chi connectivity index (χ1n) is 12.6. The number of fused-ring (bicyclic) bond motifs is 1. The second kappa shape index (κ2) is 11.1. The zero-order valence-electron chi connectivity index (χ0n) is 21.3. The standard InChI is InChI=1S/C30H29F2NO4S/c1-18-13-21(32)14-19(2)27(18)28(35)30-29(25-8-3-22(34)15-26(25)38-30)37-24-6-4-23(5-7-24)36-12-11-33-10-9-20(16-31)17-33/h3-8,13-15,20,34H,9-12,16-17H2,1-2H3/t20-/m1/s1. The van der Waals surface area contributed by atoms with Gasteiger partial charge in [-0.3, -0.25) is 14.1 Å².